The van der Waals surface area contributed by atoms with E-state index in [1.165, 1.54) is 12.3 Å². The molecule has 1 aromatic heterocycles. The lowest BCUT2D eigenvalue weighted by Crippen LogP contribution is -2.18. The summed E-state index contributed by atoms with van der Waals surface area (Å²) in [5.74, 6) is 0. The molecule has 0 radical (unpaired) electrons. The monoisotopic (exact) mass is 359 g/mol. The zero-order chi connectivity index (χ0) is 16.5. The lowest BCUT2D eigenvalue weighted by atomic mass is 10.2. The van der Waals surface area contributed by atoms with Crippen molar-refractivity contribution < 1.29 is 8.42 Å². The van der Waals surface area contributed by atoms with Gasteiger partial charge in [0.15, 0.2) is 0 Å². The second kappa shape index (κ2) is 6.32. The fraction of sp³-hybridized carbons (Fsp3) is 0.214. The van der Waals surface area contributed by atoms with Crippen molar-refractivity contribution >= 4 is 44.6 Å². The summed E-state index contributed by atoms with van der Waals surface area (Å²) in [6.45, 7) is 1.69. The van der Waals surface area contributed by atoms with Crippen molar-refractivity contribution in [3.63, 3.8) is 0 Å². The Kier molecular flexibility index (Phi) is 4.84. The molecule has 0 aliphatic carbocycles. The average molecular weight is 360 g/mol. The van der Waals surface area contributed by atoms with Crippen LogP contribution in [0.15, 0.2) is 35.4 Å². The average Bonchev–Trinajstić information content (AvgIpc) is 2.40. The van der Waals surface area contributed by atoms with Crippen molar-refractivity contribution in [2.75, 3.05) is 23.7 Å². The van der Waals surface area contributed by atoms with E-state index in [-0.39, 0.29) is 10.0 Å². The van der Waals surface area contributed by atoms with Crippen LogP contribution in [-0.2, 0) is 10.0 Å². The van der Waals surface area contributed by atoms with Crippen molar-refractivity contribution in [1.82, 2.24) is 4.98 Å². The van der Waals surface area contributed by atoms with Crippen molar-refractivity contribution in [2.45, 2.75) is 11.8 Å². The molecule has 1 N–H and O–H groups in total. The van der Waals surface area contributed by atoms with Gasteiger partial charge in [0.2, 0.25) is 0 Å². The first-order valence-corrected chi connectivity index (χ1v) is 8.57. The molecule has 8 heteroatoms. The molecule has 0 spiro atoms. The number of pyridine rings is 1. The third-order valence-electron chi connectivity index (χ3n) is 2.98. The van der Waals surface area contributed by atoms with Crippen LogP contribution in [-0.4, -0.2) is 27.5 Å². The Labute approximate surface area is 139 Å². The van der Waals surface area contributed by atoms with Crippen molar-refractivity contribution in [3.05, 3.63) is 46.2 Å². The summed E-state index contributed by atoms with van der Waals surface area (Å²) in [4.78, 5) is 5.65. The summed E-state index contributed by atoms with van der Waals surface area (Å²) in [5.41, 5.74) is 1.57. The number of anilines is 2. The van der Waals surface area contributed by atoms with Gasteiger partial charge in [-0.3, -0.25) is 4.72 Å². The number of rotatable bonds is 4. The van der Waals surface area contributed by atoms with Gasteiger partial charge in [0, 0.05) is 20.3 Å². The van der Waals surface area contributed by atoms with E-state index in [2.05, 4.69) is 9.71 Å². The highest BCUT2D eigenvalue weighted by Gasteiger charge is 2.19. The molecule has 0 saturated heterocycles. The molecule has 5 nitrogen and oxygen atoms in total. The summed E-state index contributed by atoms with van der Waals surface area (Å²) in [6, 6.07) is 6.49. The minimum absolute atomic E-state index is 0.0408. The highest BCUT2D eigenvalue weighted by atomic mass is 35.5. The Morgan fingerprint density at radius 3 is 2.50 bits per heavy atom. The molecule has 0 bridgehead atoms. The normalized spacial score (nSPS) is 11.3. The number of nitrogens with one attached hydrogen (secondary N) is 1. The SMILES string of the molecule is Cc1cc(S(=O)(=O)Nc2cccc(Cl)c2N(C)C)cnc1Cl. The predicted octanol–water partition coefficient (Wildman–Crippen LogP) is 3.56. The zero-order valence-corrected chi connectivity index (χ0v) is 14.6. The number of halogens is 2. The number of nitrogens with zero attached hydrogens (tertiary/aromatic N) is 2. The molecule has 0 fully saturated rings. The van der Waals surface area contributed by atoms with E-state index in [9.17, 15) is 8.42 Å². The fourth-order valence-corrected chi connectivity index (χ4v) is 3.48. The van der Waals surface area contributed by atoms with Gasteiger partial charge >= 0.3 is 0 Å². The molecule has 118 valence electrons. The second-order valence-corrected chi connectivity index (χ2v) is 7.36. The molecule has 0 unspecified atom stereocenters. The molecule has 0 aliphatic heterocycles. The molecule has 0 saturated carbocycles. The van der Waals surface area contributed by atoms with Crippen LogP contribution >= 0.6 is 23.2 Å². The minimum Gasteiger partial charge on any atom is -0.375 e. The van der Waals surface area contributed by atoms with Crippen LogP contribution in [0.5, 0.6) is 0 Å². The number of aryl methyl sites for hydroxylation is 1. The van der Waals surface area contributed by atoms with Gasteiger partial charge in [-0.15, -0.1) is 0 Å². The summed E-state index contributed by atoms with van der Waals surface area (Å²) >= 11 is 12.0. The van der Waals surface area contributed by atoms with Crippen molar-refractivity contribution in [3.8, 4) is 0 Å². The topological polar surface area (TPSA) is 62.3 Å². The highest BCUT2D eigenvalue weighted by molar-refractivity contribution is 7.92. The maximum absolute atomic E-state index is 12.5. The van der Waals surface area contributed by atoms with Gasteiger partial charge in [0.25, 0.3) is 10.0 Å². The van der Waals surface area contributed by atoms with Gasteiger partial charge in [-0.1, -0.05) is 29.3 Å². The van der Waals surface area contributed by atoms with Crippen LogP contribution in [0.1, 0.15) is 5.56 Å². The van der Waals surface area contributed by atoms with Crippen molar-refractivity contribution in [1.29, 1.82) is 0 Å². The third kappa shape index (κ3) is 3.45. The number of benzene rings is 1. The molecule has 0 atom stereocenters. The van der Waals surface area contributed by atoms with E-state index in [0.29, 0.717) is 22.0 Å². The number of sulfonamides is 1. The Hall–Kier alpha value is -1.50. The van der Waals surface area contributed by atoms with E-state index in [1.54, 1.807) is 44.1 Å². The van der Waals surface area contributed by atoms with Gasteiger partial charge in [-0.05, 0) is 30.7 Å². The first-order chi connectivity index (χ1) is 10.2. The van der Waals surface area contributed by atoms with Crippen LogP contribution in [0.2, 0.25) is 10.2 Å². The molecule has 1 heterocycles. The Bertz CT molecular complexity index is 808. The smallest absolute Gasteiger partial charge is 0.263 e. The third-order valence-corrected chi connectivity index (χ3v) is 5.01. The van der Waals surface area contributed by atoms with Gasteiger partial charge in [0.1, 0.15) is 10.0 Å². The molecule has 22 heavy (non-hydrogen) atoms. The fourth-order valence-electron chi connectivity index (χ4n) is 1.94. The lowest BCUT2D eigenvalue weighted by Gasteiger charge is -2.20. The highest BCUT2D eigenvalue weighted by Crippen LogP contribution is 2.33. The first kappa shape index (κ1) is 16.9. The minimum atomic E-state index is -3.78. The number of para-hydroxylation sites is 1. The summed E-state index contributed by atoms with van der Waals surface area (Å²) in [7, 11) is -0.212. The Morgan fingerprint density at radius 1 is 1.23 bits per heavy atom. The van der Waals surface area contributed by atoms with Gasteiger partial charge in [0.05, 0.1) is 16.4 Å². The van der Waals surface area contributed by atoms with Crippen LogP contribution < -0.4 is 9.62 Å². The van der Waals surface area contributed by atoms with Crippen LogP contribution in [0.3, 0.4) is 0 Å². The van der Waals surface area contributed by atoms with Gasteiger partial charge in [-0.25, -0.2) is 13.4 Å². The summed E-state index contributed by atoms with van der Waals surface area (Å²) in [5, 5.41) is 0.728. The van der Waals surface area contributed by atoms with E-state index in [0.717, 1.165) is 0 Å². The molecule has 2 rings (SSSR count). The second-order valence-electron chi connectivity index (χ2n) is 4.91. The summed E-state index contributed by atoms with van der Waals surface area (Å²) in [6.07, 6.45) is 1.22. The molecular weight excluding hydrogens is 345 g/mol. The zero-order valence-electron chi connectivity index (χ0n) is 12.3. The molecule has 1 aromatic carbocycles. The molecule has 0 amide bonds. The van der Waals surface area contributed by atoms with E-state index < -0.39 is 10.0 Å². The number of hydrogen-bond acceptors (Lipinski definition) is 4. The maximum atomic E-state index is 12.5. The van der Waals surface area contributed by atoms with Crippen molar-refractivity contribution in [2.24, 2.45) is 0 Å². The summed E-state index contributed by atoms with van der Waals surface area (Å²) < 4.78 is 27.5. The quantitative estimate of drug-likeness (QED) is 0.847. The van der Waals surface area contributed by atoms with E-state index in [4.69, 9.17) is 23.2 Å². The largest absolute Gasteiger partial charge is 0.375 e. The standard InChI is InChI=1S/C14H15Cl2N3O2S/c1-9-7-10(8-17-14(9)16)22(20,21)18-12-6-4-5-11(15)13(12)19(2)3/h4-8,18H,1-3H3. The molecular formula is C14H15Cl2N3O2S. The van der Waals surface area contributed by atoms with E-state index >= 15 is 0 Å². The first-order valence-electron chi connectivity index (χ1n) is 6.33. The number of aromatic nitrogens is 1. The van der Waals surface area contributed by atoms with Gasteiger partial charge in [-0.2, -0.15) is 0 Å². The van der Waals surface area contributed by atoms with Crippen LogP contribution in [0.25, 0.3) is 0 Å². The van der Waals surface area contributed by atoms with E-state index in [1.807, 2.05) is 0 Å². The Balaban J connectivity index is 2.45. The Morgan fingerprint density at radius 2 is 1.91 bits per heavy atom. The lowest BCUT2D eigenvalue weighted by molar-refractivity contribution is 0.600. The number of hydrogen-bond donors (Lipinski definition) is 1. The van der Waals surface area contributed by atoms with Gasteiger partial charge < -0.3 is 4.90 Å². The predicted molar refractivity (Wildman–Crippen MR) is 90.6 cm³/mol. The molecule has 0 aliphatic rings. The van der Waals surface area contributed by atoms with Crippen LogP contribution in [0, 0.1) is 6.92 Å². The molecule has 2 aromatic rings. The van der Waals surface area contributed by atoms with Crippen LogP contribution in [0.4, 0.5) is 11.4 Å². The maximum Gasteiger partial charge on any atom is 0.263 e.